The Morgan fingerprint density at radius 3 is 2.36 bits per heavy atom. The van der Waals surface area contributed by atoms with E-state index in [0.717, 1.165) is 5.56 Å². The molecular formula is C19H28N2O5S2. The van der Waals surface area contributed by atoms with Gasteiger partial charge in [-0.1, -0.05) is 51.9 Å². The van der Waals surface area contributed by atoms with Gasteiger partial charge in [0.05, 0.1) is 6.42 Å². The van der Waals surface area contributed by atoms with Crippen LogP contribution in [0.2, 0.25) is 0 Å². The molecule has 0 radical (unpaired) electrons. The number of carboxylic acid groups (broad SMARTS) is 1. The fourth-order valence-corrected chi connectivity index (χ4v) is 3.98. The first kappa shape index (κ1) is 24.2. The standard InChI is InChI=1S/C19H28N2O5S2/c1-19(2,3)26-18(25)21-15(13-14-7-5-4-6-8-14)17(24)20-10-12-28-27-11-9-16(22)23/h4-8,15H,9-13H2,1-3H3,(H,20,24)(H,21,25)(H,22,23). The van der Waals surface area contributed by atoms with Crippen molar-refractivity contribution in [3.63, 3.8) is 0 Å². The second-order valence-electron chi connectivity index (χ2n) is 6.97. The van der Waals surface area contributed by atoms with Crippen molar-refractivity contribution in [2.45, 2.75) is 45.3 Å². The zero-order valence-electron chi connectivity index (χ0n) is 16.4. The Morgan fingerprint density at radius 2 is 1.75 bits per heavy atom. The molecule has 1 unspecified atom stereocenters. The van der Waals surface area contributed by atoms with Crippen LogP contribution in [-0.2, 0) is 20.7 Å². The minimum absolute atomic E-state index is 0.114. The van der Waals surface area contributed by atoms with Gasteiger partial charge < -0.3 is 20.5 Å². The third kappa shape index (κ3) is 11.8. The molecule has 0 aromatic heterocycles. The first-order chi connectivity index (χ1) is 13.2. The van der Waals surface area contributed by atoms with Gasteiger partial charge >= 0.3 is 12.1 Å². The molecule has 28 heavy (non-hydrogen) atoms. The van der Waals surface area contributed by atoms with Crippen molar-refractivity contribution in [2.24, 2.45) is 0 Å². The SMILES string of the molecule is CC(C)(C)OC(=O)NC(Cc1ccccc1)C(=O)NCCSSCCC(=O)O. The Kier molecular flexibility index (Phi) is 10.8. The van der Waals surface area contributed by atoms with E-state index < -0.39 is 23.7 Å². The van der Waals surface area contributed by atoms with Gasteiger partial charge in [-0.15, -0.1) is 0 Å². The maximum absolute atomic E-state index is 12.6. The lowest BCUT2D eigenvalue weighted by molar-refractivity contribution is -0.136. The highest BCUT2D eigenvalue weighted by Crippen LogP contribution is 2.21. The molecule has 1 aromatic rings. The molecule has 0 heterocycles. The van der Waals surface area contributed by atoms with Gasteiger partial charge in [-0.3, -0.25) is 9.59 Å². The van der Waals surface area contributed by atoms with Gasteiger partial charge in [0, 0.05) is 24.5 Å². The zero-order chi connectivity index (χ0) is 21.0. The van der Waals surface area contributed by atoms with E-state index in [1.165, 1.54) is 21.6 Å². The quantitative estimate of drug-likeness (QED) is 0.367. The molecule has 0 aliphatic carbocycles. The monoisotopic (exact) mass is 428 g/mol. The number of carbonyl (C=O) groups excluding carboxylic acids is 2. The molecule has 0 fully saturated rings. The summed E-state index contributed by atoms with van der Waals surface area (Å²) in [6.07, 6.45) is -0.169. The van der Waals surface area contributed by atoms with Crippen molar-refractivity contribution < 1.29 is 24.2 Å². The van der Waals surface area contributed by atoms with E-state index in [9.17, 15) is 14.4 Å². The Balaban J connectivity index is 2.51. The summed E-state index contributed by atoms with van der Waals surface area (Å²) >= 11 is 0. The molecule has 0 aliphatic rings. The smallest absolute Gasteiger partial charge is 0.408 e. The van der Waals surface area contributed by atoms with Crippen molar-refractivity contribution in [1.82, 2.24) is 10.6 Å². The lowest BCUT2D eigenvalue weighted by Gasteiger charge is -2.23. The van der Waals surface area contributed by atoms with E-state index >= 15 is 0 Å². The number of amides is 2. The van der Waals surface area contributed by atoms with Crippen LogP contribution in [0.15, 0.2) is 30.3 Å². The maximum Gasteiger partial charge on any atom is 0.408 e. The molecule has 0 aliphatic heterocycles. The lowest BCUT2D eigenvalue weighted by atomic mass is 10.1. The molecule has 0 saturated heterocycles. The summed E-state index contributed by atoms with van der Waals surface area (Å²) in [5, 5.41) is 14.0. The topological polar surface area (TPSA) is 105 Å². The van der Waals surface area contributed by atoms with E-state index in [2.05, 4.69) is 10.6 Å². The summed E-state index contributed by atoms with van der Waals surface area (Å²) in [5.74, 6) is 0.0508. The number of rotatable bonds is 11. The van der Waals surface area contributed by atoms with Gasteiger partial charge in [-0.25, -0.2) is 4.79 Å². The number of ether oxygens (including phenoxy) is 1. The highest BCUT2D eigenvalue weighted by molar-refractivity contribution is 8.76. The lowest BCUT2D eigenvalue weighted by Crippen LogP contribution is -2.49. The maximum atomic E-state index is 12.6. The van der Waals surface area contributed by atoms with Gasteiger partial charge in [-0.2, -0.15) is 0 Å². The predicted octanol–water partition coefficient (Wildman–Crippen LogP) is 3.09. The van der Waals surface area contributed by atoms with Gasteiger partial charge in [0.2, 0.25) is 5.91 Å². The van der Waals surface area contributed by atoms with Crippen LogP contribution in [0, 0.1) is 0 Å². The van der Waals surface area contributed by atoms with E-state index in [-0.39, 0.29) is 12.3 Å². The number of carbonyl (C=O) groups is 3. The van der Waals surface area contributed by atoms with Crippen molar-refractivity contribution in [1.29, 1.82) is 0 Å². The summed E-state index contributed by atoms with van der Waals surface area (Å²) in [6, 6.07) is 8.68. The van der Waals surface area contributed by atoms with E-state index in [1.54, 1.807) is 20.8 Å². The molecule has 1 atom stereocenters. The Labute approximate surface area is 173 Å². The predicted molar refractivity (Wildman–Crippen MR) is 113 cm³/mol. The summed E-state index contributed by atoms with van der Waals surface area (Å²) in [6.45, 7) is 5.71. The Morgan fingerprint density at radius 1 is 1.11 bits per heavy atom. The number of aliphatic carboxylic acids is 1. The van der Waals surface area contributed by atoms with Gasteiger partial charge in [0.1, 0.15) is 11.6 Å². The van der Waals surface area contributed by atoms with Crippen LogP contribution >= 0.6 is 21.6 Å². The molecular weight excluding hydrogens is 400 g/mol. The summed E-state index contributed by atoms with van der Waals surface area (Å²) in [7, 11) is 2.96. The van der Waals surface area contributed by atoms with E-state index in [4.69, 9.17) is 9.84 Å². The largest absolute Gasteiger partial charge is 0.481 e. The number of nitrogens with one attached hydrogen (secondary N) is 2. The molecule has 0 spiro atoms. The number of benzene rings is 1. The van der Waals surface area contributed by atoms with Crippen LogP contribution in [0.4, 0.5) is 4.79 Å². The van der Waals surface area contributed by atoms with Crippen molar-refractivity contribution in [2.75, 3.05) is 18.1 Å². The van der Waals surface area contributed by atoms with Gasteiger partial charge in [0.15, 0.2) is 0 Å². The molecule has 1 rings (SSSR count). The molecule has 1 aromatic carbocycles. The van der Waals surface area contributed by atoms with Gasteiger partial charge in [0.25, 0.3) is 0 Å². The Hall–Kier alpha value is -1.87. The molecule has 9 heteroatoms. The number of hydrogen-bond donors (Lipinski definition) is 3. The molecule has 2 amide bonds. The van der Waals surface area contributed by atoms with E-state index in [0.29, 0.717) is 24.5 Å². The minimum atomic E-state index is -0.821. The number of alkyl carbamates (subject to hydrolysis) is 1. The summed E-state index contributed by atoms with van der Waals surface area (Å²) in [4.78, 5) is 35.1. The summed E-state index contributed by atoms with van der Waals surface area (Å²) < 4.78 is 5.26. The number of hydrogen-bond acceptors (Lipinski definition) is 6. The third-order valence-corrected chi connectivity index (χ3v) is 5.67. The van der Waals surface area contributed by atoms with Crippen LogP contribution in [-0.4, -0.2) is 52.8 Å². The second-order valence-corrected chi connectivity index (χ2v) is 9.67. The first-order valence-electron chi connectivity index (χ1n) is 8.95. The molecule has 156 valence electrons. The molecule has 3 N–H and O–H groups in total. The average molecular weight is 429 g/mol. The van der Waals surface area contributed by atoms with Crippen molar-refractivity contribution in [3.8, 4) is 0 Å². The van der Waals surface area contributed by atoms with Crippen molar-refractivity contribution in [3.05, 3.63) is 35.9 Å². The molecule has 7 nitrogen and oxygen atoms in total. The fraction of sp³-hybridized carbons (Fsp3) is 0.526. The zero-order valence-corrected chi connectivity index (χ0v) is 18.0. The van der Waals surface area contributed by atoms with Crippen LogP contribution in [0.25, 0.3) is 0 Å². The average Bonchev–Trinajstić information content (AvgIpc) is 2.59. The molecule has 0 bridgehead atoms. The van der Waals surface area contributed by atoms with Gasteiger partial charge in [-0.05, 0) is 26.3 Å². The Bertz CT molecular complexity index is 635. The van der Waals surface area contributed by atoms with E-state index in [1.807, 2.05) is 30.3 Å². The van der Waals surface area contributed by atoms with Crippen LogP contribution < -0.4 is 10.6 Å². The van der Waals surface area contributed by atoms with Crippen molar-refractivity contribution >= 4 is 39.6 Å². The third-order valence-electron chi connectivity index (χ3n) is 3.26. The highest BCUT2D eigenvalue weighted by atomic mass is 33.1. The number of carboxylic acids is 1. The van der Waals surface area contributed by atoms with Crippen LogP contribution in [0.3, 0.4) is 0 Å². The highest BCUT2D eigenvalue weighted by Gasteiger charge is 2.24. The summed E-state index contributed by atoms with van der Waals surface area (Å²) in [5.41, 5.74) is 0.277. The molecule has 0 saturated carbocycles. The normalized spacial score (nSPS) is 12.1. The van der Waals surface area contributed by atoms with Crippen LogP contribution in [0.5, 0.6) is 0 Å². The minimum Gasteiger partial charge on any atom is -0.481 e. The van der Waals surface area contributed by atoms with Crippen LogP contribution in [0.1, 0.15) is 32.8 Å². The first-order valence-corrected chi connectivity index (χ1v) is 11.4. The fourth-order valence-electron chi connectivity index (χ4n) is 2.09. The second kappa shape index (κ2) is 12.6.